The molecule has 0 bridgehead atoms. The van der Waals surface area contributed by atoms with Gasteiger partial charge in [-0.3, -0.25) is 19.3 Å². The van der Waals surface area contributed by atoms with Crippen LogP contribution in [0.1, 0.15) is 51.1 Å². The molecule has 250 valence electrons. The highest BCUT2D eigenvalue weighted by Gasteiger charge is 2.30. The number of aliphatic carboxylic acids is 2. The average Bonchev–Trinajstić information content (AvgIpc) is 3.43. The summed E-state index contributed by atoms with van der Waals surface area (Å²) >= 11 is 0. The maximum absolute atomic E-state index is 12.5. The molecule has 1 aliphatic heterocycles. The van der Waals surface area contributed by atoms with Crippen molar-refractivity contribution in [1.82, 2.24) is 29.5 Å². The predicted molar refractivity (Wildman–Crippen MR) is 181 cm³/mol. The number of piperazine rings is 1. The first-order chi connectivity index (χ1) is 22.5. The minimum absolute atomic E-state index is 0.0477. The predicted octanol–water partition coefficient (Wildman–Crippen LogP) is 4.17. The summed E-state index contributed by atoms with van der Waals surface area (Å²) in [5.41, 5.74) is 10.6. The molecule has 0 radical (unpaired) electrons. The van der Waals surface area contributed by atoms with E-state index in [9.17, 15) is 4.79 Å². The van der Waals surface area contributed by atoms with Gasteiger partial charge in [-0.25, -0.2) is 14.6 Å². The quantitative estimate of drug-likeness (QED) is 0.237. The molecule has 1 saturated heterocycles. The van der Waals surface area contributed by atoms with Gasteiger partial charge in [0.25, 0.3) is 11.9 Å². The summed E-state index contributed by atoms with van der Waals surface area (Å²) in [6.07, 6.45) is 6.35. The molecule has 1 saturated carbocycles. The van der Waals surface area contributed by atoms with Crippen LogP contribution >= 0.6 is 0 Å². The first-order valence-electron chi connectivity index (χ1n) is 15.8. The smallest absolute Gasteiger partial charge is 0.300 e. The standard InChI is InChI=1S/C30H36N8O.2C2H4O2/c1-36-15-17-37(18-16-36)24-11-13-25(14-12-24)38-30-27(29(31)32-20-33-30)28(35-38)22-7-9-23(10-8-22)34-26(39)19-21-5-3-2-4-6-21;2*1-2(3)4/h2-10,20,24-25H,11-19H2,1H3,(H,34,39)(H2,31,32,33);2*1H3,(H,3,4). The lowest BCUT2D eigenvalue weighted by atomic mass is 9.90. The van der Waals surface area contributed by atoms with Gasteiger partial charge < -0.3 is 26.2 Å². The Labute approximate surface area is 274 Å². The number of nitrogens with zero attached hydrogens (tertiary/aromatic N) is 6. The molecule has 47 heavy (non-hydrogen) atoms. The number of nitrogens with two attached hydrogens (primary N) is 1. The molecular weight excluding hydrogens is 600 g/mol. The van der Waals surface area contributed by atoms with E-state index in [2.05, 4.69) is 36.8 Å². The topological polar surface area (TPSA) is 180 Å². The molecule has 0 spiro atoms. The highest BCUT2D eigenvalue weighted by Crippen LogP contribution is 2.37. The minimum Gasteiger partial charge on any atom is -0.481 e. The molecule has 13 heteroatoms. The van der Waals surface area contributed by atoms with Crippen LogP contribution in [0.2, 0.25) is 0 Å². The lowest BCUT2D eigenvalue weighted by Gasteiger charge is -2.41. The minimum atomic E-state index is -0.833. The Balaban J connectivity index is 0.000000564. The fraction of sp³-hybridized carbons (Fsp3) is 0.412. The van der Waals surface area contributed by atoms with E-state index in [-0.39, 0.29) is 11.9 Å². The number of rotatable bonds is 6. The number of carbonyl (C=O) groups excluding carboxylic acids is 1. The average molecular weight is 645 g/mol. The van der Waals surface area contributed by atoms with E-state index in [0.717, 1.165) is 86.4 Å². The molecule has 5 N–H and O–H groups in total. The zero-order valence-corrected chi connectivity index (χ0v) is 27.2. The van der Waals surface area contributed by atoms with Crippen LogP contribution in [0.3, 0.4) is 0 Å². The third kappa shape index (κ3) is 10.1. The molecule has 6 rings (SSSR count). The van der Waals surface area contributed by atoms with Gasteiger partial charge in [-0.2, -0.15) is 5.10 Å². The zero-order chi connectivity index (χ0) is 33.9. The third-order valence-corrected chi connectivity index (χ3v) is 8.23. The summed E-state index contributed by atoms with van der Waals surface area (Å²) in [4.78, 5) is 44.5. The summed E-state index contributed by atoms with van der Waals surface area (Å²) in [6.45, 7) is 6.79. The molecule has 0 unspecified atom stereocenters. The van der Waals surface area contributed by atoms with Crippen LogP contribution in [0.25, 0.3) is 22.3 Å². The van der Waals surface area contributed by atoms with Crippen LogP contribution in [-0.4, -0.2) is 96.9 Å². The molecule has 0 atom stereocenters. The van der Waals surface area contributed by atoms with Gasteiger partial charge >= 0.3 is 0 Å². The summed E-state index contributed by atoms with van der Waals surface area (Å²) in [6, 6.07) is 18.4. The highest BCUT2D eigenvalue weighted by atomic mass is 16.4. The Morgan fingerprint density at radius 3 is 2.02 bits per heavy atom. The number of carboxylic acids is 2. The summed E-state index contributed by atoms with van der Waals surface area (Å²) in [7, 11) is 2.21. The molecule has 13 nitrogen and oxygen atoms in total. The molecule has 2 fully saturated rings. The number of nitrogen functional groups attached to an aromatic ring is 1. The third-order valence-electron chi connectivity index (χ3n) is 8.23. The Hall–Kier alpha value is -4.88. The maximum atomic E-state index is 12.5. The fourth-order valence-corrected chi connectivity index (χ4v) is 6.00. The van der Waals surface area contributed by atoms with Crippen molar-refractivity contribution < 1.29 is 24.6 Å². The highest BCUT2D eigenvalue weighted by molar-refractivity contribution is 5.99. The van der Waals surface area contributed by atoms with Gasteiger partial charge in [0.05, 0.1) is 17.8 Å². The lowest BCUT2D eigenvalue weighted by molar-refractivity contribution is -0.135. The van der Waals surface area contributed by atoms with Gasteiger partial charge in [-0.05, 0) is 50.4 Å². The number of hydrogen-bond acceptors (Lipinski definition) is 9. The second kappa shape index (κ2) is 16.6. The van der Waals surface area contributed by atoms with Gasteiger partial charge in [0.2, 0.25) is 5.91 Å². The van der Waals surface area contributed by atoms with Gasteiger partial charge in [-0.1, -0.05) is 42.5 Å². The molecule has 1 aliphatic carbocycles. The Kier molecular flexibility index (Phi) is 12.4. The van der Waals surface area contributed by atoms with E-state index in [1.165, 1.54) is 19.2 Å². The largest absolute Gasteiger partial charge is 0.481 e. The van der Waals surface area contributed by atoms with E-state index in [1.807, 2.05) is 54.6 Å². The van der Waals surface area contributed by atoms with Crippen molar-refractivity contribution in [2.24, 2.45) is 0 Å². The van der Waals surface area contributed by atoms with E-state index in [1.54, 1.807) is 0 Å². The molecule has 2 aromatic carbocycles. The number of carbonyl (C=O) groups is 3. The summed E-state index contributed by atoms with van der Waals surface area (Å²) in [5, 5.41) is 23.7. The molecule has 3 heterocycles. The maximum Gasteiger partial charge on any atom is 0.300 e. The number of benzene rings is 2. The van der Waals surface area contributed by atoms with Crippen molar-refractivity contribution in [3.8, 4) is 11.3 Å². The molecule has 1 amide bonds. The number of aromatic nitrogens is 4. The first-order valence-corrected chi connectivity index (χ1v) is 15.8. The Bertz CT molecular complexity index is 1610. The number of amides is 1. The lowest BCUT2D eigenvalue weighted by Crippen LogP contribution is -2.49. The Morgan fingerprint density at radius 2 is 1.43 bits per heavy atom. The van der Waals surface area contributed by atoms with Crippen molar-refractivity contribution in [3.63, 3.8) is 0 Å². The number of hydrogen-bond donors (Lipinski definition) is 4. The summed E-state index contributed by atoms with van der Waals surface area (Å²) < 4.78 is 2.08. The molecule has 2 aliphatic rings. The number of carboxylic acid groups (broad SMARTS) is 2. The zero-order valence-electron chi connectivity index (χ0n) is 27.2. The van der Waals surface area contributed by atoms with Crippen LogP contribution < -0.4 is 11.1 Å². The Morgan fingerprint density at radius 1 is 0.851 bits per heavy atom. The van der Waals surface area contributed by atoms with Crippen molar-refractivity contribution >= 4 is 40.4 Å². The van der Waals surface area contributed by atoms with E-state index in [4.69, 9.17) is 30.6 Å². The number of likely N-dealkylation sites (N-methyl/N-ethyl adjacent to an activating group) is 1. The second-order valence-corrected chi connectivity index (χ2v) is 11.9. The SMILES string of the molecule is CC(=O)O.CC(=O)O.CN1CCN(C2CCC(n3nc(-c4ccc(NC(=O)Cc5ccccc5)cc4)c4c(N)ncnc43)CC2)CC1. The van der Waals surface area contributed by atoms with Crippen LogP contribution in [0.5, 0.6) is 0 Å². The van der Waals surface area contributed by atoms with Crippen molar-refractivity contribution in [1.29, 1.82) is 0 Å². The normalized spacial score (nSPS) is 18.3. The number of anilines is 2. The van der Waals surface area contributed by atoms with Crippen molar-refractivity contribution in [2.45, 2.75) is 58.0 Å². The van der Waals surface area contributed by atoms with Gasteiger partial charge in [0, 0.05) is 57.3 Å². The number of fused-ring (bicyclic) bond motifs is 1. The fourth-order valence-electron chi connectivity index (χ4n) is 6.00. The van der Waals surface area contributed by atoms with Gasteiger partial charge in [0.15, 0.2) is 5.65 Å². The van der Waals surface area contributed by atoms with E-state index >= 15 is 0 Å². The molecule has 2 aromatic heterocycles. The molecular formula is C34H44N8O5. The second-order valence-electron chi connectivity index (χ2n) is 11.9. The summed E-state index contributed by atoms with van der Waals surface area (Å²) in [5.74, 6) is -1.28. The van der Waals surface area contributed by atoms with Crippen LogP contribution in [0.15, 0.2) is 60.9 Å². The van der Waals surface area contributed by atoms with Crippen LogP contribution in [0.4, 0.5) is 11.5 Å². The van der Waals surface area contributed by atoms with E-state index < -0.39 is 11.9 Å². The van der Waals surface area contributed by atoms with Crippen molar-refractivity contribution in [2.75, 3.05) is 44.3 Å². The van der Waals surface area contributed by atoms with Gasteiger partial charge in [-0.15, -0.1) is 0 Å². The molecule has 4 aromatic rings. The monoisotopic (exact) mass is 644 g/mol. The van der Waals surface area contributed by atoms with Crippen molar-refractivity contribution in [3.05, 3.63) is 66.5 Å². The van der Waals surface area contributed by atoms with E-state index in [0.29, 0.717) is 18.3 Å². The van der Waals surface area contributed by atoms with Gasteiger partial charge in [0.1, 0.15) is 17.8 Å². The van der Waals surface area contributed by atoms with Crippen LogP contribution in [-0.2, 0) is 20.8 Å². The van der Waals surface area contributed by atoms with Crippen LogP contribution in [0, 0.1) is 0 Å². The number of nitrogens with one attached hydrogen (secondary N) is 1. The first kappa shape index (κ1) is 35.0.